The number of unbranched alkanes of at least 4 members (excludes halogenated alkanes) is 1. The molecule has 1 atom stereocenters. The third-order valence-electron chi connectivity index (χ3n) is 4.23. The van der Waals surface area contributed by atoms with E-state index in [2.05, 4.69) is 31.3 Å². The first kappa shape index (κ1) is 19.0. The molecule has 0 bridgehead atoms. The number of amides is 1. The second-order valence-electron chi connectivity index (χ2n) is 6.10. The molecule has 1 fully saturated rings. The fourth-order valence-corrected chi connectivity index (χ4v) is 2.58. The van der Waals surface area contributed by atoms with Crippen molar-refractivity contribution in [3.8, 4) is 0 Å². The zero-order chi connectivity index (χ0) is 15.1. The first-order chi connectivity index (χ1) is 10.2. The minimum absolute atomic E-state index is 0. The van der Waals surface area contributed by atoms with Crippen LogP contribution < -0.4 is 5.32 Å². The van der Waals surface area contributed by atoms with Crippen LogP contribution in [0.4, 0.5) is 0 Å². The first-order valence-electron chi connectivity index (χ1n) is 8.27. The maximum absolute atomic E-state index is 12.5. The van der Waals surface area contributed by atoms with Gasteiger partial charge in [-0.15, -0.1) is 12.4 Å². The van der Waals surface area contributed by atoms with E-state index in [0.29, 0.717) is 6.54 Å². The number of halogens is 1. The molecule has 1 saturated carbocycles. The lowest BCUT2D eigenvalue weighted by molar-refractivity contribution is -0.132. The molecule has 1 aliphatic rings. The Bertz CT molecular complexity index is 434. The summed E-state index contributed by atoms with van der Waals surface area (Å²) in [5.41, 5.74) is 1.21. The van der Waals surface area contributed by atoms with Gasteiger partial charge < -0.3 is 10.2 Å². The van der Waals surface area contributed by atoms with E-state index in [9.17, 15) is 4.79 Å². The van der Waals surface area contributed by atoms with E-state index in [1.807, 2.05) is 23.1 Å². The van der Waals surface area contributed by atoms with Gasteiger partial charge in [0, 0.05) is 6.54 Å². The summed E-state index contributed by atoms with van der Waals surface area (Å²) in [6.07, 6.45) is 4.81. The lowest BCUT2D eigenvalue weighted by atomic mass is 10.1. The molecule has 22 heavy (non-hydrogen) atoms. The smallest absolute Gasteiger partial charge is 0.237 e. The minimum Gasteiger partial charge on any atom is -0.335 e. The van der Waals surface area contributed by atoms with Crippen LogP contribution in [0, 0.1) is 5.92 Å². The van der Waals surface area contributed by atoms with E-state index >= 15 is 0 Å². The molecule has 0 aliphatic heterocycles. The van der Waals surface area contributed by atoms with Gasteiger partial charge in [0.1, 0.15) is 0 Å². The quantitative estimate of drug-likeness (QED) is 0.749. The summed E-state index contributed by atoms with van der Waals surface area (Å²) in [5, 5.41) is 3.32. The molecular weight excluding hydrogens is 296 g/mol. The highest BCUT2D eigenvalue weighted by atomic mass is 35.5. The molecule has 1 aliphatic carbocycles. The van der Waals surface area contributed by atoms with E-state index in [1.54, 1.807) is 0 Å². The summed E-state index contributed by atoms with van der Waals surface area (Å²) >= 11 is 0. The Morgan fingerprint density at radius 1 is 1.32 bits per heavy atom. The molecule has 0 heterocycles. The highest BCUT2D eigenvalue weighted by Gasteiger charge is 2.23. The lowest BCUT2D eigenvalue weighted by Gasteiger charge is -2.30. The Hall–Kier alpha value is -1.06. The Morgan fingerprint density at radius 3 is 2.59 bits per heavy atom. The van der Waals surface area contributed by atoms with Crippen LogP contribution in [0.1, 0.15) is 51.1 Å². The van der Waals surface area contributed by atoms with Crippen molar-refractivity contribution < 1.29 is 4.79 Å². The third kappa shape index (κ3) is 5.98. The maximum atomic E-state index is 12.5. The van der Waals surface area contributed by atoms with E-state index in [4.69, 9.17) is 0 Å². The highest BCUT2D eigenvalue weighted by Crippen LogP contribution is 2.27. The molecule has 1 aromatic rings. The predicted octanol–water partition coefficient (Wildman–Crippen LogP) is 3.80. The molecule has 1 N–H and O–H groups in total. The molecule has 0 saturated heterocycles. The van der Waals surface area contributed by atoms with Crippen molar-refractivity contribution in [1.29, 1.82) is 0 Å². The van der Waals surface area contributed by atoms with Crippen LogP contribution in [0.2, 0.25) is 0 Å². The van der Waals surface area contributed by atoms with Crippen LogP contribution in [0.25, 0.3) is 0 Å². The summed E-state index contributed by atoms with van der Waals surface area (Å²) in [4.78, 5) is 14.6. The Balaban J connectivity index is 0.00000242. The number of nitrogens with one attached hydrogen (secondary N) is 1. The Labute approximate surface area is 140 Å². The van der Waals surface area contributed by atoms with E-state index < -0.39 is 0 Å². The number of hydrogen-bond donors (Lipinski definition) is 1. The highest BCUT2D eigenvalue weighted by molar-refractivity contribution is 5.85. The fraction of sp³-hybridized carbons (Fsp3) is 0.611. The van der Waals surface area contributed by atoms with Crippen molar-refractivity contribution in [3.05, 3.63) is 35.9 Å². The number of nitrogens with zero attached hydrogens (tertiary/aromatic N) is 1. The van der Waals surface area contributed by atoms with E-state index in [-0.39, 0.29) is 24.4 Å². The molecule has 1 unspecified atom stereocenters. The van der Waals surface area contributed by atoms with Crippen LogP contribution in [-0.2, 0) is 4.79 Å². The fourth-order valence-electron chi connectivity index (χ4n) is 2.58. The van der Waals surface area contributed by atoms with Crippen LogP contribution >= 0.6 is 12.4 Å². The van der Waals surface area contributed by atoms with Crippen molar-refractivity contribution in [1.82, 2.24) is 10.2 Å². The van der Waals surface area contributed by atoms with Crippen LogP contribution in [0.15, 0.2) is 30.3 Å². The van der Waals surface area contributed by atoms with Crippen LogP contribution in [-0.4, -0.2) is 30.4 Å². The van der Waals surface area contributed by atoms with Crippen molar-refractivity contribution in [2.45, 2.75) is 45.6 Å². The molecule has 0 aromatic heterocycles. The SMILES string of the molecule is CCCCN(C(=O)CNCC1CC1)C(C)c1ccccc1.Cl. The zero-order valence-electron chi connectivity index (χ0n) is 13.8. The second kappa shape index (κ2) is 9.86. The normalized spacial score (nSPS) is 15.0. The van der Waals surface area contributed by atoms with Gasteiger partial charge in [-0.2, -0.15) is 0 Å². The molecule has 1 aromatic carbocycles. The van der Waals surface area contributed by atoms with Crippen molar-refractivity contribution in [2.75, 3.05) is 19.6 Å². The van der Waals surface area contributed by atoms with Crippen LogP contribution in [0.5, 0.6) is 0 Å². The van der Waals surface area contributed by atoms with E-state index in [1.165, 1.54) is 18.4 Å². The molecule has 3 nitrogen and oxygen atoms in total. The summed E-state index contributed by atoms with van der Waals surface area (Å²) in [5.74, 6) is 1.04. The lowest BCUT2D eigenvalue weighted by Crippen LogP contribution is -2.40. The largest absolute Gasteiger partial charge is 0.335 e. The van der Waals surface area contributed by atoms with Gasteiger partial charge in [0.15, 0.2) is 0 Å². The number of rotatable bonds is 9. The topological polar surface area (TPSA) is 32.3 Å². The van der Waals surface area contributed by atoms with Gasteiger partial charge in [-0.25, -0.2) is 0 Å². The van der Waals surface area contributed by atoms with Gasteiger partial charge in [0.2, 0.25) is 5.91 Å². The summed E-state index contributed by atoms with van der Waals surface area (Å²) in [7, 11) is 0. The summed E-state index contributed by atoms with van der Waals surface area (Å²) in [6.45, 7) is 6.60. The predicted molar refractivity (Wildman–Crippen MR) is 94.3 cm³/mol. The minimum atomic E-state index is 0. The number of benzene rings is 1. The van der Waals surface area contributed by atoms with Crippen molar-refractivity contribution >= 4 is 18.3 Å². The standard InChI is InChI=1S/C18H28N2O.ClH/c1-3-4-12-20(15(2)17-8-6-5-7-9-17)18(21)14-19-13-16-10-11-16;/h5-9,15-16,19H,3-4,10-14H2,1-2H3;1H. The maximum Gasteiger partial charge on any atom is 0.237 e. The monoisotopic (exact) mass is 324 g/mol. The Kier molecular flexibility index (Phi) is 8.51. The van der Waals surface area contributed by atoms with Gasteiger partial charge in [-0.05, 0) is 44.2 Å². The average Bonchev–Trinajstić information content (AvgIpc) is 3.32. The zero-order valence-corrected chi connectivity index (χ0v) is 14.6. The second-order valence-corrected chi connectivity index (χ2v) is 6.10. The molecular formula is C18H29ClN2O. The molecule has 4 heteroatoms. The summed E-state index contributed by atoms with van der Waals surface area (Å²) < 4.78 is 0. The summed E-state index contributed by atoms with van der Waals surface area (Å²) in [6, 6.07) is 10.5. The van der Waals surface area contributed by atoms with Gasteiger partial charge in [0.05, 0.1) is 12.6 Å². The molecule has 0 spiro atoms. The van der Waals surface area contributed by atoms with Crippen molar-refractivity contribution in [2.24, 2.45) is 5.92 Å². The Morgan fingerprint density at radius 2 is 2.00 bits per heavy atom. The number of hydrogen-bond acceptors (Lipinski definition) is 2. The number of carbonyl (C=O) groups is 1. The van der Waals surface area contributed by atoms with Gasteiger partial charge in [0.25, 0.3) is 0 Å². The molecule has 1 amide bonds. The molecule has 2 rings (SSSR count). The first-order valence-corrected chi connectivity index (χ1v) is 8.27. The average molecular weight is 325 g/mol. The van der Waals surface area contributed by atoms with Gasteiger partial charge >= 0.3 is 0 Å². The van der Waals surface area contributed by atoms with Crippen LogP contribution in [0.3, 0.4) is 0 Å². The van der Waals surface area contributed by atoms with Crippen molar-refractivity contribution in [3.63, 3.8) is 0 Å². The molecule has 124 valence electrons. The number of carbonyl (C=O) groups excluding carboxylic acids is 1. The van der Waals surface area contributed by atoms with E-state index in [0.717, 1.165) is 31.8 Å². The third-order valence-corrected chi connectivity index (χ3v) is 4.23. The van der Waals surface area contributed by atoms with Gasteiger partial charge in [-0.1, -0.05) is 43.7 Å². The molecule has 0 radical (unpaired) electrons. The van der Waals surface area contributed by atoms with Gasteiger partial charge in [-0.3, -0.25) is 4.79 Å².